The molecular formula is C13H20N3O2SSi. The maximum Gasteiger partial charge on any atom is 0.214 e. The lowest BCUT2D eigenvalue weighted by molar-refractivity contribution is 0.207. The van der Waals surface area contributed by atoms with E-state index in [4.69, 9.17) is 14.9 Å². The summed E-state index contributed by atoms with van der Waals surface area (Å²) in [5.41, 5.74) is 6.45. The molecule has 2 heterocycles. The number of ether oxygens (including phenoxy) is 1. The van der Waals surface area contributed by atoms with Crippen molar-refractivity contribution in [1.82, 2.24) is 9.97 Å². The molecule has 0 atom stereocenters. The quantitative estimate of drug-likeness (QED) is 0.679. The number of nitrogens with two attached hydrogens (primary N) is 1. The van der Waals surface area contributed by atoms with Gasteiger partial charge < -0.3 is 14.9 Å². The molecule has 20 heavy (non-hydrogen) atoms. The van der Waals surface area contributed by atoms with Crippen LogP contribution in [0.4, 0.5) is 5.13 Å². The van der Waals surface area contributed by atoms with E-state index in [-0.39, 0.29) is 5.04 Å². The molecule has 0 saturated heterocycles. The summed E-state index contributed by atoms with van der Waals surface area (Å²) in [6.45, 7) is 9.87. The zero-order valence-electron chi connectivity index (χ0n) is 12.3. The Kier molecular flexibility index (Phi) is 4.61. The zero-order chi connectivity index (χ0) is 14.8. The number of nitrogen functional groups attached to an aromatic ring is 1. The fourth-order valence-corrected chi connectivity index (χ4v) is 2.97. The van der Waals surface area contributed by atoms with E-state index in [1.54, 1.807) is 0 Å². The first kappa shape index (κ1) is 15.2. The average molecular weight is 310 g/mol. The van der Waals surface area contributed by atoms with Crippen molar-refractivity contribution in [3.63, 3.8) is 0 Å². The van der Waals surface area contributed by atoms with Gasteiger partial charge in [-0.15, -0.1) is 0 Å². The zero-order valence-corrected chi connectivity index (χ0v) is 14.1. The molecule has 2 aromatic rings. The van der Waals surface area contributed by atoms with E-state index in [9.17, 15) is 0 Å². The molecule has 0 amide bonds. The number of thiazole rings is 1. The fourth-order valence-electron chi connectivity index (χ4n) is 1.45. The molecule has 0 fully saturated rings. The molecule has 0 unspecified atom stereocenters. The third-order valence-electron chi connectivity index (χ3n) is 2.95. The average Bonchev–Trinajstić information content (AvgIpc) is 2.72. The Bertz CT molecular complexity index is 582. The van der Waals surface area contributed by atoms with Gasteiger partial charge in [0.1, 0.15) is 17.0 Å². The molecule has 0 bridgehead atoms. The van der Waals surface area contributed by atoms with Crippen molar-refractivity contribution in [2.24, 2.45) is 0 Å². The van der Waals surface area contributed by atoms with Gasteiger partial charge in [-0.1, -0.05) is 32.1 Å². The van der Waals surface area contributed by atoms with Gasteiger partial charge in [-0.05, 0) is 17.7 Å². The van der Waals surface area contributed by atoms with Crippen molar-refractivity contribution in [3.8, 4) is 5.88 Å². The number of hydrogen-bond donors (Lipinski definition) is 1. The van der Waals surface area contributed by atoms with Crippen molar-refractivity contribution < 1.29 is 9.16 Å². The van der Waals surface area contributed by atoms with Gasteiger partial charge in [0.25, 0.3) is 0 Å². The van der Waals surface area contributed by atoms with Gasteiger partial charge >= 0.3 is 0 Å². The van der Waals surface area contributed by atoms with Crippen molar-refractivity contribution >= 4 is 35.9 Å². The van der Waals surface area contributed by atoms with Crippen LogP contribution < -0.4 is 10.5 Å². The maximum absolute atomic E-state index is 5.84. The second kappa shape index (κ2) is 6.07. The van der Waals surface area contributed by atoms with E-state index in [0.29, 0.717) is 24.2 Å². The fraction of sp³-hybridized carbons (Fsp3) is 0.538. The van der Waals surface area contributed by atoms with E-state index >= 15 is 0 Å². The van der Waals surface area contributed by atoms with Crippen molar-refractivity contribution in [2.75, 3.05) is 18.9 Å². The first-order valence-electron chi connectivity index (χ1n) is 6.49. The van der Waals surface area contributed by atoms with Crippen LogP contribution in [0.25, 0.3) is 10.3 Å². The Balaban J connectivity index is 1.84. The number of pyridine rings is 1. The van der Waals surface area contributed by atoms with E-state index in [1.807, 2.05) is 12.1 Å². The standard InChI is InChI=1S/C13H20N3O2SSi/c1-13(2,3)20(4)18-8-7-17-10-6-5-9-11(16-10)19-12(14)15-9/h5-6H,7-8H2,1-4H3,(H2,14,15). The highest BCUT2D eigenvalue weighted by Gasteiger charge is 2.23. The highest BCUT2D eigenvalue weighted by Crippen LogP contribution is 2.27. The minimum atomic E-state index is -0.815. The SMILES string of the molecule is C[Si](OCCOc1ccc2nc(N)sc2n1)C(C)(C)C. The van der Waals surface area contributed by atoms with E-state index < -0.39 is 9.04 Å². The van der Waals surface area contributed by atoms with E-state index in [2.05, 4.69) is 37.3 Å². The Morgan fingerprint density at radius 3 is 2.70 bits per heavy atom. The van der Waals surface area contributed by atoms with Crippen molar-refractivity contribution in [2.45, 2.75) is 32.4 Å². The molecule has 1 radical (unpaired) electrons. The lowest BCUT2D eigenvalue weighted by Crippen LogP contribution is -2.27. The normalized spacial score (nSPS) is 12.2. The summed E-state index contributed by atoms with van der Waals surface area (Å²) in [6.07, 6.45) is 0. The molecule has 0 aliphatic carbocycles. The summed E-state index contributed by atoms with van der Waals surface area (Å²) < 4.78 is 11.4. The highest BCUT2D eigenvalue weighted by molar-refractivity contribution is 7.21. The molecule has 0 aromatic carbocycles. The molecule has 2 aromatic heterocycles. The second-order valence-electron chi connectivity index (χ2n) is 5.53. The summed E-state index contributed by atoms with van der Waals surface area (Å²) in [6, 6.07) is 3.68. The van der Waals surface area contributed by atoms with Crippen LogP contribution in [0.15, 0.2) is 12.1 Å². The van der Waals surface area contributed by atoms with Crippen LogP contribution in [0.2, 0.25) is 11.6 Å². The van der Waals surface area contributed by atoms with Crippen LogP contribution >= 0.6 is 11.3 Å². The molecule has 5 nitrogen and oxygen atoms in total. The first-order chi connectivity index (χ1) is 9.36. The second-order valence-corrected chi connectivity index (χ2v) is 9.44. The van der Waals surface area contributed by atoms with Gasteiger partial charge in [-0.3, -0.25) is 0 Å². The molecule has 0 spiro atoms. The van der Waals surface area contributed by atoms with Crippen LogP contribution in [0, 0.1) is 0 Å². The molecule has 0 aliphatic rings. The minimum absolute atomic E-state index is 0.238. The largest absolute Gasteiger partial charge is 0.475 e. The third-order valence-corrected chi connectivity index (χ3v) is 6.50. The Morgan fingerprint density at radius 1 is 1.25 bits per heavy atom. The number of rotatable bonds is 5. The van der Waals surface area contributed by atoms with Crippen LogP contribution in [0.1, 0.15) is 20.8 Å². The van der Waals surface area contributed by atoms with Crippen LogP contribution in [0.3, 0.4) is 0 Å². The summed E-state index contributed by atoms with van der Waals surface area (Å²) in [5.74, 6) is 0.588. The number of fused-ring (bicyclic) bond motifs is 1. The number of aromatic nitrogens is 2. The minimum Gasteiger partial charge on any atom is -0.475 e. The topological polar surface area (TPSA) is 70.3 Å². The van der Waals surface area contributed by atoms with Crippen molar-refractivity contribution in [3.05, 3.63) is 12.1 Å². The predicted molar refractivity (Wildman–Crippen MR) is 84.6 cm³/mol. The Labute approximate surface area is 124 Å². The molecule has 0 saturated carbocycles. The Morgan fingerprint density at radius 2 is 2.00 bits per heavy atom. The van der Waals surface area contributed by atoms with Gasteiger partial charge in [-0.25, -0.2) is 9.97 Å². The molecular weight excluding hydrogens is 290 g/mol. The summed E-state index contributed by atoms with van der Waals surface area (Å²) in [5, 5.41) is 0.763. The maximum atomic E-state index is 5.84. The van der Waals surface area contributed by atoms with Gasteiger partial charge in [-0.2, -0.15) is 0 Å². The molecule has 2 rings (SSSR count). The van der Waals surface area contributed by atoms with Gasteiger partial charge in [0.15, 0.2) is 5.13 Å². The summed E-state index contributed by atoms with van der Waals surface area (Å²) in [7, 11) is -0.815. The lowest BCUT2D eigenvalue weighted by atomic mass is 10.3. The Hall–Kier alpha value is -1.18. The van der Waals surface area contributed by atoms with Crippen LogP contribution in [-0.2, 0) is 4.43 Å². The number of hydrogen-bond acceptors (Lipinski definition) is 6. The third kappa shape index (κ3) is 3.91. The predicted octanol–water partition coefficient (Wildman–Crippen LogP) is 3.09. The summed E-state index contributed by atoms with van der Waals surface area (Å²) >= 11 is 1.36. The summed E-state index contributed by atoms with van der Waals surface area (Å²) in [4.78, 5) is 9.33. The smallest absolute Gasteiger partial charge is 0.214 e. The molecule has 109 valence electrons. The highest BCUT2D eigenvalue weighted by atomic mass is 32.1. The number of nitrogens with zero attached hydrogens (tertiary/aromatic N) is 2. The lowest BCUT2D eigenvalue weighted by Gasteiger charge is -2.24. The molecule has 2 N–H and O–H groups in total. The molecule has 7 heteroatoms. The monoisotopic (exact) mass is 310 g/mol. The van der Waals surface area contributed by atoms with Gasteiger partial charge in [0.2, 0.25) is 14.9 Å². The van der Waals surface area contributed by atoms with Gasteiger partial charge in [0.05, 0.1) is 6.61 Å². The van der Waals surface area contributed by atoms with Gasteiger partial charge in [0, 0.05) is 6.07 Å². The molecule has 0 aliphatic heterocycles. The van der Waals surface area contributed by atoms with Crippen molar-refractivity contribution in [1.29, 1.82) is 0 Å². The number of anilines is 1. The van der Waals surface area contributed by atoms with Crippen LogP contribution in [0.5, 0.6) is 5.88 Å². The van der Waals surface area contributed by atoms with Crippen LogP contribution in [-0.4, -0.2) is 32.2 Å². The first-order valence-corrected chi connectivity index (χ1v) is 9.21. The van der Waals surface area contributed by atoms with E-state index in [0.717, 1.165) is 10.3 Å². The van der Waals surface area contributed by atoms with E-state index in [1.165, 1.54) is 11.3 Å².